The number of alkyl halides is 3. The van der Waals surface area contributed by atoms with Crippen LogP contribution in [-0.4, -0.2) is 53.3 Å². The molecular formula is C13H16F3N5O2S. The zero-order valence-electron chi connectivity index (χ0n) is 12.9. The molecule has 0 N–H and O–H groups in total. The number of nitrogens with zero attached hydrogens (tertiary/aromatic N) is 5. The Labute approximate surface area is 140 Å². The number of anilines is 1. The zero-order chi connectivity index (χ0) is 17.2. The van der Waals surface area contributed by atoms with Crippen molar-refractivity contribution in [3.63, 3.8) is 0 Å². The first-order chi connectivity index (χ1) is 11.5. The van der Waals surface area contributed by atoms with Gasteiger partial charge in [-0.3, -0.25) is 4.90 Å². The van der Waals surface area contributed by atoms with Crippen LogP contribution in [0.25, 0.3) is 0 Å². The number of hydrogen-bond acceptors (Lipinski definition) is 8. The monoisotopic (exact) mass is 363 g/mol. The molecule has 24 heavy (non-hydrogen) atoms. The summed E-state index contributed by atoms with van der Waals surface area (Å²) in [6, 6.07) is 0. The van der Waals surface area contributed by atoms with Gasteiger partial charge in [-0.25, -0.2) is 4.98 Å². The van der Waals surface area contributed by atoms with Gasteiger partial charge in [-0.15, -0.1) is 11.3 Å². The summed E-state index contributed by atoms with van der Waals surface area (Å²) >= 11 is 1.02. The Morgan fingerprint density at radius 3 is 2.62 bits per heavy atom. The number of thiazole rings is 1. The van der Waals surface area contributed by atoms with Gasteiger partial charge in [0, 0.05) is 38.7 Å². The summed E-state index contributed by atoms with van der Waals surface area (Å²) in [5, 5.41) is 5.25. The molecule has 0 unspecified atom stereocenters. The topological polar surface area (TPSA) is 67.5 Å². The predicted molar refractivity (Wildman–Crippen MR) is 79.6 cm³/mol. The van der Waals surface area contributed by atoms with Gasteiger partial charge in [-0.05, 0) is 0 Å². The average molecular weight is 363 g/mol. The van der Waals surface area contributed by atoms with E-state index in [1.807, 2.05) is 4.90 Å². The highest BCUT2D eigenvalue weighted by atomic mass is 32.1. The van der Waals surface area contributed by atoms with Gasteiger partial charge in [0.15, 0.2) is 16.6 Å². The highest BCUT2D eigenvalue weighted by Gasteiger charge is 2.34. The van der Waals surface area contributed by atoms with Crippen LogP contribution in [0.5, 0.6) is 0 Å². The van der Waals surface area contributed by atoms with E-state index >= 15 is 0 Å². The van der Waals surface area contributed by atoms with Crippen molar-refractivity contribution in [2.45, 2.75) is 19.3 Å². The fraction of sp³-hybridized carbons (Fsp3) is 0.615. The van der Waals surface area contributed by atoms with Gasteiger partial charge in [0.1, 0.15) is 6.61 Å². The highest BCUT2D eigenvalue weighted by molar-refractivity contribution is 7.13. The van der Waals surface area contributed by atoms with Crippen molar-refractivity contribution in [2.75, 3.05) is 38.2 Å². The van der Waals surface area contributed by atoms with Crippen molar-refractivity contribution in [3.8, 4) is 0 Å². The molecular weight excluding hydrogens is 347 g/mol. The van der Waals surface area contributed by atoms with Crippen LogP contribution in [0.3, 0.4) is 0 Å². The van der Waals surface area contributed by atoms with Gasteiger partial charge in [-0.2, -0.15) is 18.2 Å². The van der Waals surface area contributed by atoms with Crippen molar-refractivity contribution in [3.05, 3.63) is 22.8 Å². The molecule has 3 rings (SSSR count). The van der Waals surface area contributed by atoms with Gasteiger partial charge in [0.2, 0.25) is 5.89 Å². The maximum absolute atomic E-state index is 12.6. The van der Waals surface area contributed by atoms with Crippen molar-refractivity contribution >= 4 is 16.5 Å². The fourth-order valence-electron chi connectivity index (χ4n) is 2.37. The first-order valence-electron chi connectivity index (χ1n) is 7.26. The van der Waals surface area contributed by atoms with E-state index in [1.54, 1.807) is 7.11 Å². The molecule has 0 bridgehead atoms. The number of hydrogen-bond donors (Lipinski definition) is 0. The SMILES string of the molecule is COCc1noc(CN2CCN(c3nc(C(F)(F)F)cs3)CC2)n1. The maximum atomic E-state index is 12.6. The minimum atomic E-state index is -4.39. The normalized spacial score (nSPS) is 16.8. The molecule has 0 saturated carbocycles. The van der Waals surface area contributed by atoms with Crippen molar-refractivity contribution in [1.82, 2.24) is 20.0 Å². The second-order valence-corrected chi connectivity index (χ2v) is 6.15. The third-order valence-corrected chi connectivity index (χ3v) is 4.47. The molecule has 2 aromatic heterocycles. The number of halogens is 3. The summed E-state index contributed by atoms with van der Waals surface area (Å²) in [6.07, 6.45) is -4.39. The molecule has 0 atom stereocenters. The second kappa shape index (κ2) is 7.03. The van der Waals surface area contributed by atoms with E-state index in [2.05, 4.69) is 20.0 Å². The lowest BCUT2D eigenvalue weighted by molar-refractivity contribution is -0.140. The number of aromatic nitrogens is 3. The van der Waals surface area contributed by atoms with Crippen LogP contribution in [0.1, 0.15) is 17.4 Å². The molecule has 2 aromatic rings. The first-order valence-corrected chi connectivity index (χ1v) is 8.14. The van der Waals surface area contributed by atoms with Crippen LogP contribution in [0, 0.1) is 0 Å². The Morgan fingerprint density at radius 2 is 2.00 bits per heavy atom. The minimum Gasteiger partial charge on any atom is -0.377 e. The van der Waals surface area contributed by atoms with Crippen LogP contribution in [-0.2, 0) is 24.1 Å². The molecule has 1 aliphatic rings. The van der Waals surface area contributed by atoms with E-state index in [-0.39, 0.29) is 0 Å². The van der Waals surface area contributed by atoms with Crippen LogP contribution >= 0.6 is 11.3 Å². The molecule has 0 amide bonds. The lowest BCUT2D eigenvalue weighted by Gasteiger charge is -2.33. The van der Waals surface area contributed by atoms with Gasteiger partial charge < -0.3 is 14.2 Å². The molecule has 1 fully saturated rings. The van der Waals surface area contributed by atoms with Crippen molar-refractivity contribution < 1.29 is 22.4 Å². The Bertz CT molecular complexity index is 667. The molecule has 132 valence electrons. The quantitative estimate of drug-likeness (QED) is 0.805. The number of piperazine rings is 1. The molecule has 7 nitrogen and oxygen atoms in total. The fourth-order valence-corrected chi connectivity index (χ4v) is 3.26. The number of methoxy groups -OCH3 is 1. The van der Waals surface area contributed by atoms with E-state index in [0.29, 0.717) is 56.2 Å². The number of ether oxygens (including phenoxy) is 1. The lowest BCUT2D eigenvalue weighted by Crippen LogP contribution is -2.46. The molecule has 11 heteroatoms. The van der Waals surface area contributed by atoms with Crippen molar-refractivity contribution in [2.24, 2.45) is 0 Å². The molecule has 1 aliphatic heterocycles. The average Bonchev–Trinajstić information content (AvgIpc) is 3.18. The van der Waals surface area contributed by atoms with E-state index in [0.717, 1.165) is 16.7 Å². The maximum Gasteiger partial charge on any atom is 0.434 e. The van der Waals surface area contributed by atoms with Gasteiger partial charge in [0.05, 0.1) is 6.54 Å². The smallest absolute Gasteiger partial charge is 0.377 e. The van der Waals surface area contributed by atoms with E-state index in [4.69, 9.17) is 9.26 Å². The standard InChI is InChI=1S/C13H16F3N5O2S/c1-22-7-10-18-11(23-19-10)6-20-2-4-21(5-3-20)12-17-9(8-24-12)13(14,15)16/h8H,2-7H2,1H3. The molecule has 0 spiro atoms. The van der Waals surface area contributed by atoms with Crippen LogP contribution in [0.2, 0.25) is 0 Å². The largest absolute Gasteiger partial charge is 0.434 e. The van der Waals surface area contributed by atoms with E-state index in [1.165, 1.54) is 0 Å². The summed E-state index contributed by atoms with van der Waals surface area (Å²) < 4.78 is 47.9. The van der Waals surface area contributed by atoms with Crippen LogP contribution in [0.15, 0.2) is 9.90 Å². The molecule has 0 radical (unpaired) electrons. The Balaban J connectivity index is 1.52. The minimum absolute atomic E-state index is 0.295. The summed E-state index contributed by atoms with van der Waals surface area (Å²) in [5.74, 6) is 0.998. The van der Waals surface area contributed by atoms with Gasteiger partial charge >= 0.3 is 6.18 Å². The highest BCUT2D eigenvalue weighted by Crippen LogP contribution is 2.33. The van der Waals surface area contributed by atoms with E-state index in [9.17, 15) is 13.2 Å². The summed E-state index contributed by atoms with van der Waals surface area (Å²) in [5.41, 5.74) is -0.832. The van der Waals surface area contributed by atoms with Crippen molar-refractivity contribution in [1.29, 1.82) is 0 Å². The zero-order valence-corrected chi connectivity index (χ0v) is 13.7. The molecule has 0 aliphatic carbocycles. The Morgan fingerprint density at radius 1 is 1.25 bits per heavy atom. The van der Waals surface area contributed by atoms with E-state index < -0.39 is 11.9 Å². The third-order valence-electron chi connectivity index (χ3n) is 3.57. The van der Waals surface area contributed by atoms with Gasteiger partial charge in [-0.1, -0.05) is 5.16 Å². The lowest BCUT2D eigenvalue weighted by atomic mass is 10.3. The van der Waals surface area contributed by atoms with Gasteiger partial charge in [0.25, 0.3) is 0 Å². The van der Waals surface area contributed by atoms with Crippen LogP contribution in [0.4, 0.5) is 18.3 Å². The second-order valence-electron chi connectivity index (χ2n) is 5.31. The first kappa shape index (κ1) is 17.1. The molecule has 0 aromatic carbocycles. The third kappa shape index (κ3) is 4.02. The Hall–Kier alpha value is -1.72. The molecule has 1 saturated heterocycles. The summed E-state index contributed by atoms with van der Waals surface area (Å²) in [6.45, 7) is 3.37. The summed E-state index contributed by atoms with van der Waals surface area (Å²) in [7, 11) is 1.55. The van der Waals surface area contributed by atoms with Crippen LogP contribution < -0.4 is 4.90 Å². The Kier molecular flexibility index (Phi) is 5.01. The molecule has 3 heterocycles. The summed E-state index contributed by atoms with van der Waals surface area (Å²) in [4.78, 5) is 11.9. The predicted octanol–water partition coefficient (Wildman–Crippen LogP) is 2.01. The number of rotatable bonds is 5.